The highest BCUT2D eigenvalue weighted by molar-refractivity contribution is 6.33. The number of nitrogens with one attached hydrogen (secondary N) is 2. The summed E-state index contributed by atoms with van der Waals surface area (Å²) >= 11 is 5.99. The van der Waals surface area contributed by atoms with E-state index in [1.165, 1.54) is 6.92 Å². The fourth-order valence-corrected chi connectivity index (χ4v) is 1.81. The molecule has 0 aliphatic rings. The Labute approximate surface area is 97.5 Å². The van der Waals surface area contributed by atoms with Crippen molar-refractivity contribution >= 4 is 34.1 Å². The van der Waals surface area contributed by atoms with Crippen molar-refractivity contribution in [2.45, 2.75) is 6.92 Å². The molecule has 0 unspecified atom stereocenters. The Hall–Kier alpha value is -1.68. The third-order valence-corrected chi connectivity index (χ3v) is 2.56. The number of aromatic amines is 1. The number of aromatic nitrogens is 1. The van der Waals surface area contributed by atoms with Gasteiger partial charge in [-0.2, -0.15) is 0 Å². The Morgan fingerprint density at radius 2 is 2.25 bits per heavy atom. The topological polar surface area (TPSA) is 54.1 Å². The monoisotopic (exact) mass is 238 g/mol. The van der Waals surface area contributed by atoms with Gasteiger partial charge in [0.25, 0.3) is 0 Å². The molecule has 1 amide bonds. The summed E-state index contributed by atoms with van der Waals surface area (Å²) in [6.07, 6.45) is 1.72. The van der Waals surface area contributed by atoms with Gasteiger partial charge in [-0.3, -0.25) is 4.79 Å². The molecule has 1 aromatic heterocycles. The van der Waals surface area contributed by atoms with Gasteiger partial charge in [0.15, 0.2) is 0 Å². The molecule has 0 saturated heterocycles. The molecule has 2 N–H and O–H groups in total. The van der Waals surface area contributed by atoms with E-state index >= 15 is 0 Å². The highest BCUT2D eigenvalue weighted by Gasteiger charge is 2.09. The van der Waals surface area contributed by atoms with Gasteiger partial charge in [-0.25, -0.2) is 0 Å². The lowest BCUT2D eigenvalue weighted by Gasteiger charge is -2.04. The van der Waals surface area contributed by atoms with Crippen molar-refractivity contribution in [2.24, 2.45) is 0 Å². The summed E-state index contributed by atoms with van der Waals surface area (Å²) in [7, 11) is 1.55. The second-order valence-electron chi connectivity index (χ2n) is 3.42. The summed E-state index contributed by atoms with van der Waals surface area (Å²) < 4.78 is 5.12. The Kier molecular flexibility index (Phi) is 2.75. The number of carbonyl (C=O) groups is 1. The maximum Gasteiger partial charge on any atom is 0.221 e. The summed E-state index contributed by atoms with van der Waals surface area (Å²) in [6.45, 7) is 1.46. The zero-order valence-corrected chi connectivity index (χ0v) is 9.68. The van der Waals surface area contributed by atoms with Crippen molar-refractivity contribution in [3.63, 3.8) is 0 Å². The number of benzene rings is 1. The zero-order valence-electron chi connectivity index (χ0n) is 8.93. The summed E-state index contributed by atoms with van der Waals surface area (Å²) in [4.78, 5) is 14.0. The minimum Gasteiger partial charge on any atom is -0.495 e. The Bertz CT molecular complexity index is 548. The van der Waals surface area contributed by atoms with E-state index in [1.54, 1.807) is 25.4 Å². The number of methoxy groups -OCH3 is 1. The van der Waals surface area contributed by atoms with Crippen molar-refractivity contribution in [1.29, 1.82) is 0 Å². The van der Waals surface area contributed by atoms with Crippen LogP contribution < -0.4 is 10.1 Å². The molecule has 0 aliphatic heterocycles. The van der Waals surface area contributed by atoms with Crippen LogP contribution in [0, 0.1) is 0 Å². The van der Waals surface area contributed by atoms with Crippen LogP contribution in [0.3, 0.4) is 0 Å². The number of fused-ring (bicyclic) bond motifs is 1. The first-order valence-electron chi connectivity index (χ1n) is 4.74. The van der Waals surface area contributed by atoms with Gasteiger partial charge in [-0.1, -0.05) is 11.6 Å². The van der Waals surface area contributed by atoms with Crippen LogP contribution in [0.15, 0.2) is 18.3 Å². The van der Waals surface area contributed by atoms with Gasteiger partial charge in [-0.05, 0) is 12.1 Å². The number of carbonyl (C=O) groups excluding carboxylic acids is 1. The SMILES string of the molecule is COc1cc2c(NC(C)=O)c[nH]c2cc1Cl. The normalized spacial score (nSPS) is 10.4. The smallest absolute Gasteiger partial charge is 0.221 e. The van der Waals surface area contributed by atoms with E-state index in [1.807, 2.05) is 0 Å². The second-order valence-corrected chi connectivity index (χ2v) is 3.82. The van der Waals surface area contributed by atoms with E-state index in [0.29, 0.717) is 10.8 Å². The number of rotatable bonds is 2. The summed E-state index contributed by atoms with van der Waals surface area (Å²) in [5.41, 5.74) is 1.58. The molecule has 0 aliphatic carbocycles. The van der Waals surface area contributed by atoms with Gasteiger partial charge in [-0.15, -0.1) is 0 Å². The van der Waals surface area contributed by atoms with E-state index < -0.39 is 0 Å². The number of amides is 1. The number of hydrogen-bond donors (Lipinski definition) is 2. The first-order chi connectivity index (χ1) is 7.61. The van der Waals surface area contributed by atoms with Gasteiger partial charge in [0, 0.05) is 24.0 Å². The van der Waals surface area contributed by atoms with Crippen LogP contribution in [0.5, 0.6) is 5.75 Å². The molecule has 4 nitrogen and oxygen atoms in total. The predicted molar refractivity (Wildman–Crippen MR) is 64.2 cm³/mol. The lowest BCUT2D eigenvalue weighted by molar-refractivity contribution is -0.114. The molecule has 0 atom stereocenters. The van der Waals surface area contributed by atoms with Gasteiger partial charge in [0.05, 0.1) is 17.8 Å². The Morgan fingerprint density at radius 3 is 2.88 bits per heavy atom. The molecular formula is C11H11ClN2O2. The number of ether oxygens (including phenoxy) is 1. The zero-order chi connectivity index (χ0) is 11.7. The van der Waals surface area contributed by atoms with Crippen LogP contribution in [-0.2, 0) is 4.79 Å². The lowest BCUT2D eigenvalue weighted by atomic mass is 10.2. The largest absolute Gasteiger partial charge is 0.495 e. The molecule has 2 aromatic rings. The van der Waals surface area contributed by atoms with E-state index in [9.17, 15) is 4.79 Å². The van der Waals surface area contributed by atoms with Crippen LogP contribution in [-0.4, -0.2) is 18.0 Å². The van der Waals surface area contributed by atoms with Crippen molar-refractivity contribution in [2.75, 3.05) is 12.4 Å². The third kappa shape index (κ3) is 1.84. The summed E-state index contributed by atoms with van der Waals surface area (Å²) in [6, 6.07) is 3.56. The van der Waals surface area contributed by atoms with Crippen molar-refractivity contribution in [1.82, 2.24) is 4.98 Å². The first kappa shape index (κ1) is 10.8. The fourth-order valence-electron chi connectivity index (χ4n) is 1.57. The van der Waals surface area contributed by atoms with Crippen molar-refractivity contribution in [3.05, 3.63) is 23.4 Å². The molecule has 16 heavy (non-hydrogen) atoms. The molecule has 1 heterocycles. The van der Waals surface area contributed by atoms with E-state index in [0.717, 1.165) is 16.6 Å². The average molecular weight is 239 g/mol. The van der Waals surface area contributed by atoms with Gasteiger partial charge in [0.2, 0.25) is 5.91 Å². The van der Waals surface area contributed by atoms with Crippen LogP contribution in [0.1, 0.15) is 6.92 Å². The van der Waals surface area contributed by atoms with E-state index in [2.05, 4.69) is 10.3 Å². The van der Waals surface area contributed by atoms with Crippen LogP contribution in [0.4, 0.5) is 5.69 Å². The maximum atomic E-state index is 11.0. The quantitative estimate of drug-likeness (QED) is 0.845. The minimum atomic E-state index is -0.116. The molecule has 0 fully saturated rings. The average Bonchev–Trinajstić information content (AvgIpc) is 2.59. The molecule has 84 valence electrons. The fraction of sp³-hybridized carbons (Fsp3) is 0.182. The van der Waals surface area contributed by atoms with Crippen molar-refractivity contribution < 1.29 is 9.53 Å². The molecule has 0 spiro atoms. The van der Waals surface area contributed by atoms with Crippen molar-refractivity contribution in [3.8, 4) is 5.75 Å². The molecule has 0 saturated carbocycles. The molecular weight excluding hydrogens is 228 g/mol. The minimum absolute atomic E-state index is 0.116. The lowest BCUT2D eigenvalue weighted by Crippen LogP contribution is -2.04. The molecule has 1 aromatic carbocycles. The Balaban J connectivity index is 2.57. The Morgan fingerprint density at radius 1 is 1.50 bits per heavy atom. The van der Waals surface area contributed by atoms with Gasteiger partial charge in [0.1, 0.15) is 5.75 Å². The van der Waals surface area contributed by atoms with Crippen LogP contribution in [0.2, 0.25) is 5.02 Å². The predicted octanol–water partition coefficient (Wildman–Crippen LogP) is 2.79. The number of halogens is 1. The number of hydrogen-bond acceptors (Lipinski definition) is 2. The molecule has 2 rings (SSSR count). The van der Waals surface area contributed by atoms with E-state index in [4.69, 9.17) is 16.3 Å². The standard InChI is InChI=1S/C11H11ClN2O2/c1-6(15)14-10-5-13-9-4-8(12)11(16-2)3-7(9)10/h3-5,13H,1-2H3,(H,14,15). The molecule has 5 heteroatoms. The summed E-state index contributed by atoms with van der Waals surface area (Å²) in [5, 5.41) is 4.13. The highest BCUT2D eigenvalue weighted by atomic mass is 35.5. The van der Waals surface area contributed by atoms with Gasteiger partial charge >= 0.3 is 0 Å². The number of anilines is 1. The van der Waals surface area contributed by atoms with Crippen LogP contribution >= 0.6 is 11.6 Å². The molecule has 0 radical (unpaired) electrons. The van der Waals surface area contributed by atoms with Crippen LogP contribution in [0.25, 0.3) is 10.9 Å². The highest BCUT2D eigenvalue weighted by Crippen LogP contribution is 2.33. The maximum absolute atomic E-state index is 11.0. The van der Waals surface area contributed by atoms with E-state index in [-0.39, 0.29) is 5.91 Å². The first-order valence-corrected chi connectivity index (χ1v) is 5.12. The number of H-pyrrole nitrogens is 1. The molecule has 0 bridgehead atoms. The second kappa shape index (κ2) is 4.06. The van der Waals surface area contributed by atoms with Gasteiger partial charge < -0.3 is 15.0 Å². The summed E-state index contributed by atoms with van der Waals surface area (Å²) in [5.74, 6) is 0.468. The third-order valence-electron chi connectivity index (χ3n) is 2.26.